The van der Waals surface area contributed by atoms with Crippen LogP contribution in [-0.4, -0.2) is 42.5 Å². The maximum Gasteiger partial charge on any atom is 0.410 e. The van der Waals surface area contributed by atoms with Crippen molar-refractivity contribution in [2.45, 2.75) is 39.2 Å². The number of nitrogens with zero attached hydrogens (tertiary/aromatic N) is 1. The minimum Gasteiger partial charge on any atom is -0.444 e. The number of likely N-dealkylation sites (tertiary alicyclic amines) is 1. The fourth-order valence-electron chi connectivity index (χ4n) is 1.83. The third-order valence-corrected chi connectivity index (χ3v) is 3.07. The van der Waals surface area contributed by atoms with Crippen LogP contribution in [0.15, 0.2) is 0 Å². The van der Waals surface area contributed by atoms with Gasteiger partial charge in [-0.05, 0) is 33.6 Å². The number of nitrogens with two attached hydrogens (primary N) is 1. The molecular formula is C12H22N2O3. The van der Waals surface area contributed by atoms with Crippen molar-refractivity contribution >= 4 is 12.4 Å². The number of aldehydes is 1. The number of carbonyl (C=O) groups is 2. The van der Waals surface area contributed by atoms with Crippen LogP contribution < -0.4 is 5.73 Å². The molecule has 0 spiro atoms. The molecule has 1 amide bonds. The zero-order valence-electron chi connectivity index (χ0n) is 10.9. The summed E-state index contributed by atoms with van der Waals surface area (Å²) in [6.07, 6.45) is 1.85. The lowest BCUT2D eigenvalue weighted by molar-refractivity contribution is -0.118. The molecule has 0 aromatic carbocycles. The van der Waals surface area contributed by atoms with Gasteiger partial charge < -0.3 is 20.2 Å². The van der Waals surface area contributed by atoms with E-state index in [4.69, 9.17) is 10.5 Å². The van der Waals surface area contributed by atoms with Gasteiger partial charge in [0.15, 0.2) is 0 Å². The number of hydrogen-bond acceptors (Lipinski definition) is 4. The topological polar surface area (TPSA) is 72.6 Å². The van der Waals surface area contributed by atoms with Crippen molar-refractivity contribution in [3.05, 3.63) is 0 Å². The minimum atomic E-state index is -0.482. The van der Waals surface area contributed by atoms with Crippen LogP contribution in [0.3, 0.4) is 0 Å². The zero-order valence-corrected chi connectivity index (χ0v) is 10.9. The predicted octanol–water partition coefficient (Wildman–Crippen LogP) is 1.16. The first kappa shape index (κ1) is 14.0. The Morgan fingerprint density at radius 1 is 1.41 bits per heavy atom. The largest absolute Gasteiger partial charge is 0.444 e. The molecular weight excluding hydrogens is 220 g/mol. The summed E-state index contributed by atoms with van der Waals surface area (Å²) in [6.45, 7) is 6.92. The second-order valence-electron chi connectivity index (χ2n) is 5.65. The first-order valence-electron chi connectivity index (χ1n) is 5.96. The summed E-state index contributed by atoms with van der Waals surface area (Å²) in [4.78, 5) is 24.4. The molecule has 5 heteroatoms. The van der Waals surface area contributed by atoms with Crippen LogP contribution in [0.2, 0.25) is 0 Å². The molecule has 17 heavy (non-hydrogen) atoms. The summed E-state index contributed by atoms with van der Waals surface area (Å²) in [5.41, 5.74) is 4.68. The summed E-state index contributed by atoms with van der Waals surface area (Å²) in [5.74, 6) is 0. The van der Waals surface area contributed by atoms with Crippen LogP contribution >= 0.6 is 0 Å². The average Bonchev–Trinajstić information content (AvgIpc) is 2.27. The quantitative estimate of drug-likeness (QED) is 0.737. The van der Waals surface area contributed by atoms with E-state index in [2.05, 4.69) is 0 Å². The van der Waals surface area contributed by atoms with E-state index in [0.717, 1.165) is 6.29 Å². The molecule has 0 aliphatic carbocycles. The smallest absolute Gasteiger partial charge is 0.410 e. The lowest BCUT2D eigenvalue weighted by Crippen LogP contribution is -2.48. The Labute approximate surface area is 102 Å². The predicted molar refractivity (Wildman–Crippen MR) is 64.6 cm³/mol. The fraction of sp³-hybridized carbons (Fsp3) is 0.833. The van der Waals surface area contributed by atoms with Crippen LogP contribution in [0.25, 0.3) is 0 Å². The Hall–Kier alpha value is -1.10. The summed E-state index contributed by atoms with van der Waals surface area (Å²) in [7, 11) is 0. The maximum absolute atomic E-state index is 11.8. The summed E-state index contributed by atoms with van der Waals surface area (Å²) < 4.78 is 5.28. The van der Waals surface area contributed by atoms with Crippen molar-refractivity contribution in [2.24, 2.45) is 11.1 Å². The highest BCUT2D eigenvalue weighted by Crippen LogP contribution is 2.28. The summed E-state index contributed by atoms with van der Waals surface area (Å²) in [6, 6.07) is 0. The number of piperidine rings is 1. The average molecular weight is 242 g/mol. The van der Waals surface area contributed by atoms with E-state index in [1.165, 1.54) is 0 Å². The van der Waals surface area contributed by atoms with Gasteiger partial charge in [-0.2, -0.15) is 0 Å². The Morgan fingerprint density at radius 2 is 1.94 bits per heavy atom. The van der Waals surface area contributed by atoms with Gasteiger partial charge in [0, 0.05) is 25.0 Å². The van der Waals surface area contributed by atoms with Crippen molar-refractivity contribution in [3.8, 4) is 0 Å². The number of amides is 1. The number of rotatable bonds is 2. The Bertz CT molecular complexity index is 289. The summed E-state index contributed by atoms with van der Waals surface area (Å²) >= 11 is 0. The molecule has 1 saturated heterocycles. The highest BCUT2D eigenvalue weighted by Gasteiger charge is 2.35. The maximum atomic E-state index is 11.8. The molecule has 0 aromatic rings. The first-order valence-corrected chi connectivity index (χ1v) is 5.96. The van der Waals surface area contributed by atoms with E-state index in [1.54, 1.807) is 4.90 Å². The van der Waals surface area contributed by atoms with Crippen molar-refractivity contribution in [1.82, 2.24) is 4.90 Å². The van der Waals surface area contributed by atoms with Gasteiger partial charge >= 0.3 is 6.09 Å². The molecule has 1 heterocycles. The number of hydrogen-bond donors (Lipinski definition) is 1. The highest BCUT2D eigenvalue weighted by atomic mass is 16.6. The molecule has 2 N–H and O–H groups in total. The SMILES string of the molecule is CC(C)(C)OC(=O)N1CCC(C=O)(CN)CC1. The molecule has 1 aliphatic rings. The van der Waals surface area contributed by atoms with Gasteiger partial charge in [-0.15, -0.1) is 0 Å². The molecule has 0 unspecified atom stereocenters. The molecule has 1 aliphatic heterocycles. The molecule has 0 radical (unpaired) electrons. The molecule has 1 rings (SSSR count). The van der Waals surface area contributed by atoms with E-state index >= 15 is 0 Å². The summed E-state index contributed by atoms with van der Waals surface area (Å²) in [5, 5.41) is 0. The van der Waals surface area contributed by atoms with Crippen molar-refractivity contribution in [3.63, 3.8) is 0 Å². The van der Waals surface area contributed by atoms with E-state index in [1.807, 2.05) is 20.8 Å². The molecule has 98 valence electrons. The molecule has 5 nitrogen and oxygen atoms in total. The number of carbonyl (C=O) groups excluding carboxylic acids is 2. The Balaban J connectivity index is 2.52. The van der Waals surface area contributed by atoms with Crippen LogP contribution in [0, 0.1) is 5.41 Å². The van der Waals surface area contributed by atoms with Gasteiger partial charge in [0.1, 0.15) is 11.9 Å². The van der Waals surface area contributed by atoms with Crippen molar-refractivity contribution < 1.29 is 14.3 Å². The third kappa shape index (κ3) is 3.70. The fourth-order valence-corrected chi connectivity index (χ4v) is 1.83. The van der Waals surface area contributed by atoms with Gasteiger partial charge in [-0.1, -0.05) is 0 Å². The van der Waals surface area contributed by atoms with Crippen LogP contribution in [0.1, 0.15) is 33.6 Å². The van der Waals surface area contributed by atoms with Gasteiger partial charge in [-0.25, -0.2) is 4.79 Å². The van der Waals surface area contributed by atoms with E-state index in [9.17, 15) is 9.59 Å². The van der Waals surface area contributed by atoms with Crippen molar-refractivity contribution in [1.29, 1.82) is 0 Å². The third-order valence-electron chi connectivity index (χ3n) is 3.07. The van der Waals surface area contributed by atoms with Gasteiger partial charge in [0.05, 0.1) is 0 Å². The van der Waals surface area contributed by atoms with Gasteiger partial charge in [0.2, 0.25) is 0 Å². The minimum absolute atomic E-state index is 0.311. The number of ether oxygens (including phenoxy) is 1. The monoisotopic (exact) mass is 242 g/mol. The van der Waals surface area contributed by atoms with E-state index in [-0.39, 0.29) is 6.09 Å². The second kappa shape index (κ2) is 5.04. The van der Waals surface area contributed by atoms with E-state index < -0.39 is 11.0 Å². The Morgan fingerprint density at radius 3 is 2.29 bits per heavy atom. The standard InChI is InChI=1S/C12H22N2O3/c1-11(2,3)17-10(16)14-6-4-12(8-13,9-15)5-7-14/h9H,4-8,13H2,1-3H3. The molecule has 0 saturated carbocycles. The van der Waals surface area contributed by atoms with Gasteiger partial charge in [0.25, 0.3) is 0 Å². The normalized spacial score (nSPS) is 19.9. The second-order valence-corrected chi connectivity index (χ2v) is 5.65. The lowest BCUT2D eigenvalue weighted by atomic mass is 9.80. The van der Waals surface area contributed by atoms with Crippen molar-refractivity contribution in [2.75, 3.05) is 19.6 Å². The lowest BCUT2D eigenvalue weighted by Gasteiger charge is -2.37. The molecule has 0 atom stereocenters. The molecule has 0 bridgehead atoms. The molecule has 1 fully saturated rings. The Kier molecular flexibility index (Phi) is 4.14. The zero-order chi connectivity index (χ0) is 13.1. The van der Waals surface area contributed by atoms with Crippen LogP contribution in [0.5, 0.6) is 0 Å². The highest BCUT2D eigenvalue weighted by molar-refractivity contribution is 5.69. The van der Waals surface area contributed by atoms with Gasteiger partial charge in [-0.3, -0.25) is 0 Å². The van der Waals surface area contributed by atoms with E-state index in [0.29, 0.717) is 32.5 Å². The van der Waals surface area contributed by atoms with Crippen LogP contribution in [-0.2, 0) is 9.53 Å². The van der Waals surface area contributed by atoms with Crippen LogP contribution in [0.4, 0.5) is 4.79 Å². The molecule has 0 aromatic heterocycles. The first-order chi connectivity index (χ1) is 7.82.